The van der Waals surface area contributed by atoms with Crippen LogP contribution in [-0.2, 0) is 4.74 Å². The van der Waals surface area contributed by atoms with E-state index in [0.29, 0.717) is 5.69 Å². The molecule has 0 atom stereocenters. The van der Waals surface area contributed by atoms with Crippen LogP contribution in [0.2, 0.25) is 0 Å². The molecule has 0 fully saturated rings. The second-order valence-electron chi connectivity index (χ2n) is 1.87. The van der Waals surface area contributed by atoms with Crippen molar-refractivity contribution in [2.24, 2.45) is 0 Å². The van der Waals surface area contributed by atoms with Crippen LogP contribution in [0.25, 0.3) is 0 Å². The molecule has 1 heterocycles. The maximum absolute atomic E-state index is 11.1. The summed E-state index contributed by atoms with van der Waals surface area (Å²) in [7, 11) is 1.48. The zero-order valence-electron chi connectivity index (χ0n) is 5.83. The predicted octanol–water partition coefficient (Wildman–Crippen LogP) is 1.73. The number of carbonyl (C=O) groups excluding carboxylic acids is 1. The van der Waals surface area contributed by atoms with Crippen LogP contribution in [0.1, 0.15) is 10.5 Å². The Morgan fingerprint density at radius 1 is 1.91 bits per heavy atom. The molecule has 11 heavy (non-hydrogen) atoms. The van der Waals surface area contributed by atoms with Crippen LogP contribution in [0.5, 0.6) is 0 Å². The number of nitrogens with zero attached hydrogens (tertiary/aromatic N) is 1. The smallest absolute Gasteiger partial charge is 0.208 e. The average Bonchev–Trinajstić information content (AvgIpc) is 2.36. The second kappa shape index (κ2) is 3.94. The number of aromatic nitrogens is 1. The van der Waals surface area contributed by atoms with Crippen molar-refractivity contribution in [1.82, 2.24) is 4.37 Å². The summed E-state index contributed by atoms with van der Waals surface area (Å²) in [4.78, 5) is 11.1. The molecule has 1 aromatic rings. The van der Waals surface area contributed by atoms with Gasteiger partial charge in [0.15, 0.2) is 0 Å². The summed E-state index contributed by atoms with van der Waals surface area (Å²) in [5, 5.41) is 1.77. The average molecular weight is 236 g/mol. The molecule has 1 aromatic heterocycles. The fourth-order valence-electron chi connectivity index (χ4n) is 0.608. The van der Waals surface area contributed by atoms with Crippen LogP contribution in [0.15, 0.2) is 9.85 Å². The van der Waals surface area contributed by atoms with Gasteiger partial charge in [0.05, 0.1) is 4.47 Å². The van der Waals surface area contributed by atoms with Crippen molar-refractivity contribution in [2.45, 2.75) is 0 Å². The molecule has 3 nitrogen and oxygen atoms in total. The van der Waals surface area contributed by atoms with Gasteiger partial charge < -0.3 is 4.74 Å². The minimum Gasteiger partial charge on any atom is -0.376 e. The molecule has 0 saturated carbocycles. The third kappa shape index (κ3) is 2.08. The van der Waals surface area contributed by atoms with E-state index < -0.39 is 0 Å². The van der Waals surface area contributed by atoms with Crippen LogP contribution in [0, 0.1) is 0 Å². The van der Waals surface area contributed by atoms with Gasteiger partial charge in [-0.05, 0) is 27.5 Å². The molecule has 0 unspecified atom stereocenters. The van der Waals surface area contributed by atoms with E-state index >= 15 is 0 Å². The van der Waals surface area contributed by atoms with Crippen molar-refractivity contribution >= 4 is 33.2 Å². The van der Waals surface area contributed by atoms with Gasteiger partial charge in [-0.1, -0.05) is 0 Å². The van der Waals surface area contributed by atoms with Gasteiger partial charge in [0.1, 0.15) is 12.3 Å². The van der Waals surface area contributed by atoms with E-state index in [1.54, 1.807) is 5.38 Å². The highest BCUT2D eigenvalue weighted by Crippen LogP contribution is 2.17. The third-order valence-electron chi connectivity index (χ3n) is 1.07. The highest BCUT2D eigenvalue weighted by molar-refractivity contribution is 9.10. The number of ketones is 1. The summed E-state index contributed by atoms with van der Waals surface area (Å²) in [5.41, 5.74) is 0.455. The van der Waals surface area contributed by atoms with Gasteiger partial charge in [0, 0.05) is 12.5 Å². The van der Waals surface area contributed by atoms with Crippen LogP contribution < -0.4 is 0 Å². The topological polar surface area (TPSA) is 39.2 Å². The van der Waals surface area contributed by atoms with E-state index in [2.05, 4.69) is 25.0 Å². The summed E-state index contributed by atoms with van der Waals surface area (Å²) in [6.07, 6.45) is 0. The van der Waals surface area contributed by atoms with Gasteiger partial charge in [-0.15, -0.1) is 0 Å². The lowest BCUT2D eigenvalue weighted by Gasteiger charge is -1.93. The van der Waals surface area contributed by atoms with Crippen LogP contribution in [0.3, 0.4) is 0 Å². The van der Waals surface area contributed by atoms with E-state index in [0.717, 1.165) is 4.47 Å². The standard InChI is InChI=1S/C6H6BrNO2S/c1-10-2-5(9)6-4(7)3-11-8-6/h3H,2H2,1H3. The van der Waals surface area contributed by atoms with Gasteiger partial charge in [-0.3, -0.25) is 4.79 Å². The Kier molecular flexibility index (Phi) is 3.16. The maximum atomic E-state index is 11.1. The maximum Gasteiger partial charge on any atom is 0.208 e. The minimum absolute atomic E-state index is 0.0856. The Labute approximate surface area is 76.7 Å². The van der Waals surface area contributed by atoms with Gasteiger partial charge >= 0.3 is 0 Å². The Morgan fingerprint density at radius 3 is 3.09 bits per heavy atom. The predicted molar refractivity (Wildman–Crippen MR) is 46.0 cm³/mol. The molecule has 0 bridgehead atoms. The van der Waals surface area contributed by atoms with E-state index in [4.69, 9.17) is 0 Å². The number of hydrogen-bond acceptors (Lipinski definition) is 4. The highest BCUT2D eigenvalue weighted by atomic mass is 79.9. The highest BCUT2D eigenvalue weighted by Gasteiger charge is 2.11. The summed E-state index contributed by atoms with van der Waals surface area (Å²) in [5.74, 6) is -0.0966. The lowest BCUT2D eigenvalue weighted by Crippen LogP contribution is -2.07. The first-order chi connectivity index (χ1) is 5.25. The molecule has 0 amide bonds. The van der Waals surface area contributed by atoms with Crippen molar-refractivity contribution in [3.63, 3.8) is 0 Å². The fourth-order valence-corrected chi connectivity index (χ4v) is 1.85. The first kappa shape index (κ1) is 8.83. The largest absolute Gasteiger partial charge is 0.376 e. The normalized spacial score (nSPS) is 10.0. The zero-order chi connectivity index (χ0) is 8.27. The second-order valence-corrected chi connectivity index (χ2v) is 3.35. The quantitative estimate of drug-likeness (QED) is 0.750. The molecule has 1 rings (SSSR count). The third-order valence-corrected chi connectivity index (χ3v) is 2.60. The van der Waals surface area contributed by atoms with Crippen molar-refractivity contribution in [3.8, 4) is 0 Å². The summed E-state index contributed by atoms with van der Waals surface area (Å²) in [6, 6.07) is 0. The van der Waals surface area contributed by atoms with Crippen molar-refractivity contribution in [2.75, 3.05) is 13.7 Å². The first-order valence-corrected chi connectivity index (χ1v) is 4.50. The fraction of sp³-hybridized carbons (Fsp3) is 0.333. The molecular formula is C6H6BrNO2S. The van der Waals surface area contributed by atoms with Crippen LogP contribution in [-0.4, -0.2) is 23.9 Å². The number of ether oxygens (including phenoxy) is 1. The van der Waals surface area contributed by atoms with Crippen molar-refractivity contribution in [1.29, 1.82) is 0 Å². The SMILES string of the molecule is COCC(=O)c1nscc1Br. The molecule has 5 heteroatoms. The van der Waals surface area contributed by atoms with Gasteiger partial charge in [-0.2, -0.15) is 4.37 Å². The molecule has 0 spiro atoms. The van der Waals surface area contributed by atoms with E-state index in [1.807, 2.05) is 0 Å². The number of halogens is 1. The first-order valence-electron chi connectivity index (χ1n) is 2.87. The number of hydrogen-bond donors (Lipinski definition) is 0. The molecule has 0 N–H and O–H groups in total. The molecular weight excluding hydrogens is 230 g/mol. The van der Waals surface area contributed by atoms with Gasteiger partial charge in [0.2, 0.25) is 5.78 Å². The number of carbonyl (C=O) groups is 1. The van der Waals surface area contributed by atoms with Gasteiger partial charge in [0.25, 0.3) is 0 Å². The number of Topliss-reactive ketones (excluding diaryl/α,β-unsaturated/α-hetero) is 1. The molecule has 0 aliphatic carbocycles. The van der Waals surface area contributed by atoms with Crippen molar-refractivity contribution < 1.29 is 9.53 Å². The Bertz CT molecular complexity index is 261. The Balaban J connectivity index is 2.76. The number of methoxy groups -OCH3 is 1. The summed E-state index contributed by atoms with van der Waals surface area (Å²) in [6.45, 7) is 0.0856. The van der Waals surface area contributed by atoms with Crippen molar-refractivity contribution in [3.05, 3.63) is 15.5 Å². The molecule has 0 radical (unpaired) electrons. The lowest BCUT2D eigenvalue weighted by atomic mass is 10.3. The number of rotatable bonds is 3. The summed E-state index contributed by atoms with van der Waals surface area (Å²) >= 11 is 4.46. The Morgan fingerprint density at radius 2 is 2.64 bits per heavy atom. The molecule has 0 aliphatic rings. The molecule has 0 aliphatic heterocycles. The van der Waals surface area contributed by atoms with E-state index in [-0.39, 0.29) is 12.4 Å². The molecule has 60 valence electrons. The van der Waals surface area contributed by atoms with E-state index in [1.165, 1.54) is 18.6 Å². The van der Waals surface area contributed by atoms with Crippen LogP contribution >= 0.6 is 27.5 Å². The molecule has 0 aromatic carbocycles. The zero-order valence-corrected chi connectivity index (χ0v) is 8.24. The molecule has 0 saturated heterocycles. The lowest BCUT2D eigenvalue weighted by molar-refractivity contribution is 0.0843. The van der Waals surface area contributed by atoms with Gasteiger partial charge in [-0.25, -0.2) is 0 Å². The Hall–Kier alpha value is -0.260. The summed E-state index contributed by atoms with van der Waals surface area (Å²) < 4.78 is 9.32. The minimum atomic E-state index is -0.0966. The van der Waals surface area contributed by atoms with E-state index in [9.17, 15) is 4.79 Å². The monoisotopic (exact) mass is 235 g/mol. The van der Waals surface area contributed by atoms with Crippen LogP contribution in [0.4, 0.5) is 0 Å².